The van der Waals surface area contributed by atoms with E-state index >= 15 is 0 Å². The highest BCUT2D eigenvalue weighted by atomic mass is 19.5. The number of aromatic nitrogens is 3. The van der Waals surface area contributed by atoms with Crippen LogP contribution in [0, 0.1) is 0 Å². The Morgan fingerprint density at radius 3 is 2.33 bits per heavy atom. The van der Waals surface area contributed by atoms with Crippen molar-refractivity contribution in [2.24, 2.45) is 0 Å². The van der Waals surface area contributed by atoms with Crippen LogP contribution in [-0.2, 0) is 13.0 Å². The van der Waals surface area contributed by atoms with Gasteiger partial charge >= 0.3 is 12.9 Å². The Kier molecular flexibility index (Phi) is 4.69. The van der Waals surface area contributed by atoms with Gasteiger partial charge in [0.2, 0.25) is 5.82 Å². The topological polar surface area (TPSA) is 21.9 Å². The van der Waals surface area contributed by atoms with Crippen LogP contribution < -0.4 is 4.40 Å². The van der Waals surface area contributed by atoms with Crippen molar-refractivity contribution in [2.45, 2.75) is 26.8 Å². The normalized spacial score (nSPS) is 11.2. The molecule has 2 aromatic rings. The molecule has 0 bridgehead atoms. The molecule has 0 atom stereocenters. The predicted molar refractivity (Wildman–Crippen MR) is 60.6 cm³/mol. The third-order valence-corrected chi connectivity index (χ3v) is 2.25. The third kappa shape index (κ3) is 4.01. The van der Waals surface area contributed by atoms with Crippen LogP contribution in [0.4, 0.5) is 17.3 Å². The fraction of sp³-hybridized carbons (Fsp3) is 0.400. The van der Waals surface area contributed by atoms with E-state index in [-0.39, 0.29) is 0 Å². The lowest BCUT2D eigenvalue weighted by molar-refractivity contribution is -0.523. The van der Waals surface area contributed by atoms with Gasteiger partial charge in [0, 0.05) is 17.6 Å². The standard InChI is InChI=1S/C10H14N3.BF4/c1-3-10-12-8-6-5-7-9(12)11-13(10)4-2;2-1(3,4)5/h5-8H,3-4H2,1-2H3;/q+1;-1. The number of hydrogen-bond donors (Lipinski definition) is 0. The van der Waals surface area contributed by atoms with Crippen molar-refractivity contribution in [3.8, 4) is 0 Å². The van der Waals surface area contributed by atoms with Crippen molar-refractivity contribution in [2.75, 3.05) is 0 Å². The number of aryl methyl sites for hydroxylation is 2. The van der Waals surface area contributed by atoms with Crippen molar-refractivity contribution < 1.29 is 21.7 Å². The summed E-state index contributed by atoms with van der Waals surface area (Å²) in [5.41, 5.74) is 1.03. The van der Waals surface area contributed by atoms with Crippen molar-refractivity contribution >= 4 is 12.9 Å². The summed E-state index contributed by atoms with van der Waals surface area (Å²) in [6.45, 7) is 5.21. The molecule has 0 spiro atoms. The van der Waals surface area contributed by atoms with E-state index in [0.29, 0.717) is 0 Å². The first-order valence-corrected chi connectivity index (χ1v) is 5.60. The first-order chi connectivity index (χ1) is 8.36. The minimum Gasteiger partial charge on any atom is -0.418 e. The Hall–Kier alpha value is -1.60. The highest BCUT2D eigenvalue weighted by Gasteiger charge is 2.20. The molecule has 0 saturated heterocycles. The molecular weight excluding hydrogens is 249 g/mol. The summed E-state index contributed by atoms with van der Waals surface area (Å²) in [4.78, 5) is 0. The summed E-state index contributed by atoms with van der Waals surface area (Å²) in [5.74, 6) is 1.26. The highest BCUT2D eigenvalue weighted by molar-refractivity contribution is 6.50. The van der Waals surface area contributed by atoms with Crippen molar-refractivity contribution in [1.82, 2.24) is 9.78 Å². The molecular formula is C10H14BF4N3. The van der Waals surface area contributed by atoms with E-state index in [1.54, 1.807) is 0 Å². The second-order valence-electron chi connectivity index (χ2n) is 3.51. The van der Waals surface area contributed by atoms with E-state index < -0.39 is 7.25 Å². The molecule has 100 valence electrons. The second-order valence-corrected chi connectivity index (χ2v) is 3.51. The lowest BCUT2D eigenvalue weighted by atomic mass is 10.3. The van der Waals surface area contributed by atoms with Crippen LogP contribution in [-0.4, -0.2) is 17.0 Å². The van der Waals surface area contributed by atoms with Gasteiger partial charge in [0.1, 0.15) is 6.54 Å². The lowest BCUT2D eigenvalue weighted by Gasteiger charge is -1.94. The number of hydrogen-bond acceptors (Lipinski definition) is 1. The van der Waals surface area contributed by atoms with E-state index in [1.165, 1.54) is 5.82 Å². The van der Waals surface area contributed by atoms with Gasteiger partial charge in [0.15, 0.2) is 0 Å². The van der Waals surface area contributed by atoms with E-state index in [0.717, 1.165) is 18.6 Å². The fourth-order valence-electron chi connectivity index (χ4n) is 1.65. The van der Waals surface area contributed by atoms with Crippen LogP contribution in [0.5, 0.6) is 0 Å². The van der Waals surface area contributed by atoms with Crippen molar-refractivity contribution in [3.63, 3.8) is 0 Å². The predicted octanol–water partition coefficient (Wildman–Crippen LogP) is 2.50. The first-order valence-electron chi connectivity index (χ1n) is 5.60. The molecule has 0 N–H and O–H groups in total. The average Bonchev–Trinajstić information content (AvgIpc) is 2.64. The van der Waals surface area contributed by atoms with Crippen LogP contribution in [0.2, 0.25) is 0 Å². The van der Waals surface area contributed by atoms with E-state index in [9.17, 15) is 17.3 Å². The smallest absolute Gasteiger partial charge is 0.418 e. The minimum absolute atomic E-state index is 0.935. The Morgan fingerprint density at radius 1 is 1.22 bits per heavy atom. The molecule has 2 heterocycles. The SMILES string of the molecule is CCc1n(CC)nc2cccc[n+]12.F[B-](F)(F)F. The van der Waals surface area contributed by atoms with Crippen molar-refractivity contribution in [3.05, 3.63) is 30.2 Å². The molecule has 2 aromatic heterocycles. The molecule has 0 radical (unpaired) electrons. The number of rotatable bonds is 2. The zero-order valence-electron chi connectivity index (χ0n) is 10.2. The monoisotopic (exact) mass is 263 g/mol. The molecule has 0 unspecified atom stereocenters. The van der Waals surface area contributed by atoms with Gasteiger partial charge in [-0.05, 0) is 13.0 Å². The third-order valence-electron chi connectivity index (χ3n) is 2.25. The Labute approximate surface area is 102 Å². The van der Waals surface area contributed by atoms with Gasteiger partial charge in [0.05, 0.1) is 6.20 Å². The summed E-state index contributed by atoms with van der Waals surface area (Å²) < 4.78 is 43.2. The van der Waals surface area contributed by atoms with Gasteiger partial charge in [-0.2, -0.15) is 0 Å². The quantitative estimate of drug-likeness (QED) is 0.463. The Morgan fingerprint density at radius 2 is 1.83 bits per heavy atom. The number of nitrogens with zero attached hydrogens (tertiary/aromatic N) is 3. The minimum atomic E-state index is -6.00. The van der Waals surface area contributed by atoms with E-state index in [4.69, 9.17) is 0 Å². The highest BCUT2D eigenvalue weighted by Crippen LogP contribution is 2.06. The summed E-state index contributed by atoms with van der Waals surface area (Å²) in [7, 11) is -6.00. The second kappa shape index (κ2) is 5.84. The molecule has 0 aliphatic carbocycles. The van der Waals surface area contributed by atoms with Gasteiger partial charge in [-0.25, -0.2) is 4.40 Å². The fourth-order valence-corrected chi connectivity index (χ4v) is 1.65. The maximum absolute atomic E-state index is 9.75. The Bertz CT molecular complexity index is 503. The van der Waals surface area contributed by atoms with Crippen LogP contribution in [0.1, 0.15) is 19.7 Å². The van der Waals surface area contributed by atoms with Gasteiger partial charge in [-0.15, -0.1) is 4.68 Å². The molecule has 2 rings (SSSR count). The molecule has 8 heteroatoms. The average molecular weight is 263 g/mol. The van der Waals surface area contributed by atoms with Gasteiger partial charge < -0.3 is 17.3 Å². The van der Waals surface area contributed by atoms with Gasteiger partial charge in [-0.1, -0.05) is 13.0 Å². The maximum Gasteiger partial charge on any atom is 0.673 e. The molecule has 0 aromatic carbocycles. The zero-order valence-corrected chi connectivity index (χ0v) is 10.2. The summed E-state index contributed by atoms with van der Waals surface area (Å²) >= 11 is 0. The molecule has 0 aliphatic rings. The van der Waals surface area contributed by atoms with Crippen LogP contribution in [0.25, 0.3) is 5.65 Å². The van der Waals surface area contributed by atoms with Crippen LogP contribution in [0.3, 0.4) is 0 Å². The van der Waals surface area contributed by atoms with Crippen LogP contribution >= 0.6 is 0 Å². The molecule has 0 saturated carbocycles. The molecule has 0 fully saturated rings. The Balaban J connectivity index is 0.000000280. The van der Waals surface area contributed by atoms with Crippen molar-refractivity contribution in [1.29, 1.82) is 0 Å². The molecule has 0 amide bonds. The van der Waals surface area contributed by atoms with E-state index in [2.05, 4.69) is 34.2 Å². The lowest BCUT2D eigenvalue weighted by Crippen LogP contribution is -2.25. The zero-order chi connectivity index (χ0) is 13.8. The van der Waals surface area contributed by atoms with Gasteiger partial charge in [-0.3, -0.25) is 0 Å². The van der Waals surface area contributed by atoms with E-state index in [1.807, 2.05) is 18.2 Å². The summed E-state index contributed by atoms with van der Waals surface area (Å²) in [6, 6.07) is 6.08. The number of fused-ring (bicyclic) bond motifs is 1. The molecule has 0 aliphatic heterocycles. The molecule has 3 nitrogen and oxygen atoms in total. The van der Waals surface area contributed by atoms with Crippen LogP contribution in [0.15, 0.2) is 24.4 Å². The first kappa shape index (κ1) is 14.5. The van der Waals surface area contributed by atoms with Gasteiger partial charge in [0.25, 0.3) is 0 Å². The molecule has 18 heavy (non-hydrogen) atoms. The largest absolute Gasteiger partial charge is 0.673 e. The summed E-state index contributed by atoms with van der Waals surface area (Å²) in [6.07, 6.45) is 3.08. The number of pyridine rings is 1. The maximum atomic E-state index is 9.75. The summed E-state index contributed by atoms with van der Waals surface area (Å²) in [5, 5.41) is 4.48. The number of halogens is 4.